The van der Waals surface area contributed by atoms with Crippen LogP contribution in [0.5, 0.6) is 0 Å². The van der Waals surface area contributed by atoms with Crippen molar-refractivity contribution in [2.24, 2.45) is 0 Å². The third kappa shape index (κ3) is 3.09. The number of hydrogen-bond donors (Lipinski definition) is 1. The molecule has 7 heteroatoms. The number of hydrogen-bond acceptors (Lipinski definition) is 3. The molecule has 0 aromatic heterocycles. The molecule has 1 aromatic rings. The van der Waals surface area contributed by atoms with Gasteiger partial charge in [-0.1, -0.05) is 0 Å². The van der Waals surface area contributed by atoms with Crippen LogP contribution in [0.3, 0.4) is 0 Å². The Balaban J connectivity index is 3.25. The van der Waals surface area contributed by atoms with E-state index in [0.29, 0.717) is 12.1 Å². The number of nitriles is 1. The fourth-order valence-corrected chi connectivity index (χ4v) is 1.56. The van der Waals surface area contributed by atoms with E-state index >= 15 is 0 Å². The van der Waals surface area contributed by atoms with Gasteiger partial charge in [0.15, 0.2) is 11.6 Å². The van der Waals surface area contributed by atoms with Crippen molar-refractivity contribution in [3.05, 3.63) is 34.9 Å². The molecule has 0 heterocycles. The molecule has 0 aliphatic rings. The lowest BCUT2D eigenvalue weighted by Gasteiger charge is -2.23. The van der Waals surface area contributed by atoms with Gasteiger partial charge in [0.25, 0.3) is 5.91 Å². The SMILES string of the molecule is CC(CC#N)N(C)C(=O)c1cc(F)c(F)cc1C(=O)O. The van der Waals surface area contributed by atoms with E-state index in [1.54, 1.807) is 6.92 Å². The van der Waals surface area contributed by atoms with E-state index in [9.17, 15) is 18.4 Å². The first-order valence-electron chi connectivity index (χ1n) is 5.66. The van der Waals surface area contributed by atoms with E-state index in [0.717, 1.165) is 4.90 Å². The summed E-state index contributed by atoms with van der Waals surface area (Å²) in [5, 5.41) is 17.5. The second kappa shape index (κ2) is 6.10. The largest absolute Gasteiger partial charge is 0.478 e. The number of carboxylic acid groups (broad SMARTS) is 1. The van der Waals surface area contributed by atoms with Gasteiger partial charge in [-0.15, -0.1) is 0 Å². The summed E-state index contributed by atoms with van der Waals surface area (Å²) in [5.74, 6) is -4.97. The number of carboxylic acids is 1. The average Bonchev–Trinajstić information content (AvgIpc) is 2.39. The zero-order valence-electron chi connectivity index (χ0n) is 10.9. The molecule has 0 spiro atoms. The Bertz CT molecular complexity index is 596. The molecule has 0 radical (unpaired) electrons. The number of rotatable bonds is 4. The smallest absolute Gasteiger partial charge is 0.336 e. The fourth-order valence-electron chi connectivity index (χ4n) is 1.56. The standard InChI is InChI=1S/C13H12F2N2O3/c1-7(3-4-16)17(2)12(18)8-5-10(14)11(15)6-9(8)13(19)20/h5-7H,3H2,1-2H3,(H,19,20). The third-order valence-corrected chi connectivity index (χ3v) is 2.89. The maximum absolute atomic E-state index is 13.2. The van der Waals surface area contributed by atoms with Crippen molar-refractivity contribution in [2.45, 2.75) is 19.4 Å². The predicted octanol–water partition coefficient (Wildman–Crippen LogP) is 2.04. The number of carbonyl (C=O) groups excluding carboxylic acids is 1. The van der Waals surface area contributed by atoms with E-state index < -0.39 is 40.7 Å². The first-order valence-corrected chi connectivity index (χ1v) is 5.66. The highest BCUT2D eigenvalue weighted by Crippen LogP contribution is 2.18. The molecule has 106 valence electrons. The van der Waals surface area contributed by atoms with E-state index in [1.807, 2.05) is 6.07 Å². The molecule has 0 aliphatic carbocycles. The molecule has 1 rings (SSSR count). The second-order valence-corrected chi connectivity index (χ2v) is 4.24. The van der Waals surface area contributed by atoms with Crippen molar-refractivity contribution in [3.63, 3.8) is 0 Å². The first-order chi connectivity index (χ1) is 9.29. The van der Waals surface area contributed by atoms with Crippen LogP contribution in [-0.2, 0) is 0 Å². The lowest BCUT2D eigenvalue weighted by Crippen LogP contribution is -2.35. The Morgan fingerprint density at radius 1 is 1.35 bits per heavy atom. The van der Waals surface area contributed by atoms with Crippen LogP contribution in [0.15, 0.2) is 12.1 Å². The van der Waals surface area contributed by atoms with E-state index in [4.69, 9.17) is 10.4 Å². The number of nitrogens with zero attached hydrogens (tertiary/aromatic N) is 2. The van der Waals surface area contributed by atoms with Gasteiger partial charge in [-0.05, 0) is 19.1 Å². The van der Waals surface area contributed by atoms with Crippen LogP contribution in [0.4, 0.5) is 8.78 Å². The molecule has 0 fully saturated rings. The molecule has 1 amide bonds. The van der Waals surface area contributed by atoms with Crippen LogP contribution in [0.1, 0.15) is 34.1 Å². The van der Waals surface area contributed by atoms with E-state index in [2.05, 4.69) is 0 Å². The molecule has 0 bridgehead atoms. The molecule has 1 unspecified atom stereocenters. The Labute approximate surface area is 114 Å². The van der Waals surface area contributed by atoms with Gasteiger partial charge in [-0.3, -0.25) is 4.79 Å². The first kappa shape index (κ1) is 15.6. The normalized spacial score (nSPS) is 11.6. The Morgan fingerprint density at radius 2 is 1.85 bits per heavy atom. The third-order valence-electron chi connectivity index (χ3n) is 2.89. The van der Waals surface area contributed by atoms with Crippen LogP contribution in [0.2, 0.25) is 0 Å². The quantitative estimate of drug-likeness (QED) is 0.916. The summed E-state index contributed by atoms with van der Waals surface area (Å²) < 4.78 is 26.3. The van der Waals surface area contributed by atoms with Crippen molar-refractivity contribution < 1.29 is 23.5 Å². The molecule has 0 saturated heterocycles. The topological polar surface area (TPSA) is 81.4 Å². The van der Waals surface area contributed by atoms with Crippen LogP contribution in [0.25, 0.3) is 0 Å². The molecule has 1 aromatic carbocycles. The Kier molecular flexibility index (Phi) is 4.75. The minimum Gasteiger partial charge on any atom is -0.478 e. The summed E-state index contributed by atoms with van der Waals surface area (Å²) in [6.07, 6.45) is 0.0360. The summed E-state index contributed by atoms with van der Waals surface area (Å²) in [7, 11) is 1.36. The van der Waals surface area contributed by atoms with Gasteiger partial charge in [0, 0.05) is 13.1 Å². The van der Waals surface area contributed by atoms with Crippen molar-refractivity contribution in [3.8, 4) is 6.07 Å². The molecule has 1 atom stereocenters. The summed E-state index contributed by atoms with van der Waals surface area (Å²) in [6, 6.07) is 2.40. The highest BCUT2D eigenvalue weighted by atomic mass is 19.2. The zero-order valence-corrected chi connectivity index (χ0v) is 10.9. The minimum absolute atomic E-state index is 0.0360. The lowest BCUT2D eigenvalue weighted by molar-refractivity contribution is 0.0671. The van der Waals surface area contributed by atoms with Gasteiger partial charge >= 0.3 is 5.97 Å². The summed E-state index contributed by atoms with van der Waals surface area (Å²) in [4.78, 5) is 24.2. The molecular formula is C13H12F2N2O3. The predicted molar refractivity (Wildman–Crippen MR) is 65.1 cm³/mol. The van der Waals surface area contributed by atoms with Crippen LogP contribution < -0.4 is 0 Å². The highest BCUT2D eigenvalue weighted by molar-refractivity contribution is 6.04. The van der Waals surface area contributed by atoms with E-state index in [1.165, 1.54) is 7.05 Å². The fraction of sp³-hybridized carbons (Fsp3) is 0.308. The van der Waals surface area contributed by atoms with Crippen molar-refractivity contribution in [1.29, 1.82) is 5.26 Å². The number of carbonyl (C=O) groups is 2. The Morgan fingerprint density at radius 3 is 2.30 bits per heavy atom. The molecule has 0 saturated carbocycles. The van der Waals surface area contributed by atoms with Crippen LogP contribution in [-0.4, -0.2) is 35.0 Å². The maximum atomic E-state index is 13.2. The van der Waals surface area contributed by atoms with Crippen molar-refractivity contribution >= 4 is 11.9 Å². The summed E-state index contributed by atoms with van der Waals surface area (Å²) in [5.41, 5.74) is -1.08. The van der Waals surface area contributed by atoms with Gasteiger partial charge in [-0.2, -0.15) is 5.26 Å². The molecule has 20 heavy (non-hydrogen) atoms. The number of halogens is 2. The van der Waals surface area contributed by atoms with Crippen molar-refractivity contribution in [1.82, 2.24) is 4.90 Å². The molecule has 1 N–H and O–H groups in total. The Hall–Kier alpha value is -2.49. The van der Waals surface area contributed by atoms with Gasteiger partial charge in [0.2, 0.25) is 0 Å². The number of amides is 1. The average molecular weight is 282 g/mol. The van der Waals surface area contributed by atoms with E-state index in [-0.39, 0.29) is 6.42 Å². The second-order valence-electron chi connectivity index (χ2n) is 4.24. The van der Waals surface area contributed by atoms with Crippen LogP contribution >= 0.6 is 0 Å². The maximum Gasteiger partial charge on any atom is 0.336 e. The summed E-state index contributed by atoms with van der Waals surface area (Å²) >= 11 is 0. The van der Waals surface area contributed by atoms with Gasteiger partial charge < -0.3 is 10.0 Å². The van der Waals surface area contributed by atoms with Crippen LogP contribution in [0, 0.1) is 23.0 Å². The monoisotopic (exact) mass is 282 g/mol. The molecule has 5 nitrogen and oxygen atoms in total. The van der Waals surface area contributed by atoms with Gasteiger partial charge in [-0.25, -0.2) is 13.6 Å². The zero-order chi connectivity index (χ0) is 15.4. The highest BCUT2D eigenvalue weighted by Gasteiger charge is 2.25. The summed E-state index contributed by atoms with van der Waals surface area (Å²) in [6.45, 7) is 1.58. The van der Waals surface area contributed by atoms with Gasteiger partial charge in [0.1, 0.15) is 0 Å². The molecule has 0 aliphatic heterocycles. The van der Waals surface area contributed by atoms with Crippen molar-refractivity contribution in [2.75, 3.05) is 7.05 Å². The number of aromatic carboxylic acids is 1. The minimum atomic E-state index is -1.53. The molecular weight excluding hydrogens is 270 g/mol. The van der Waals surface area contributed by atoms with Gasteiger partial charge in [0.05, 0.1) is 23.6 Å². The number of benzene rings is 1. The lowest BCUT2D eigenvalue weighted by atomic mass is 10.0.